The number of ether oxygens (including phenoxy) is 2. The molecule has 0 unspecified atom stereocenters. The number of aryl methyl sites for hydroxylation is 1. The number of nitrogens with zero attached hydrogens (tertiary/aromatic N) is 3. The fraction of sp³-hybridized carbons (Fsp3) is 0.364. The molecule has 0 aliphatic carbocycles. The molecule has 194 valence electrons. The number of rotatable bonds is 7. The Bertz CT molecular complexity index is 1300. The number of halogens is 5. The molecular weight excluding hydrogens is 510 g/mol. The van der Waals surface area contributed by atoms with E-state index in [1.54, 1.807) is 20.8 Å². The number of amides is 1. The quantitative estimate of drug-likeness (QED) is 0.329. The highest BCUT2D eigenvalue weighted by Gasteiger charge is 2.39. The van der Waals surface area contributed by atoms with E-state index in [4.69, 9.17) is 21.1 Å². The summed E-state index contributed by atoms with van der Waals surface area (Å²) in [5, 5.41) is 8.54. The fourth-order valence-electron chi connectivity index (χ4n) is 3.20. The maximum Gasteiger partial charge on any atom is 0.425 e. The summed E-state index contributed by atoms with van der Waals surface area (Å²) >= 11 is 5.92. The first kappa shape index (κ1) is 27.0. The van der Waals surface area contributed by atoms with E-state index in [0.717, 1.165) is 19.1 Å². The molecule has 0 aliphatic heterocycles. The second kappa shape index (κ2) is 10.2. The number of H-pyrrole nitrogens is 1. The molecule has 36 heavy (non-hydrogen) atoms. The van der Waals surface area contributed by atoms with Crippen LogP contribution >= 0.6 is 11.6 Å². The third-order valence-electron chi connectivity index (χ3n) is 5.31. The van der Waals surface area contributed by atoms with Crippen LogP contribution in [0, 0.1) is 19.7 Å². The number of aromatic nitrogens is 4. The van der Waals surface area contributed by atoms with Crippen LogP contribution < -0.4 is 10.1 Å². The molecule has 3 rings (SSSR count). The average Bonchev–Trinajstić information content (AvgIpc) is 3.27. The van der Waals surface area contributed by atoms with E-state index >= 15 is 4.39 Å². The molecular formula is C22H22ClF4N5O4. The van der Waals surface area contributed by atoms with Gasteiger partial charge in [-0.25, -0.2) is 14.2 Å². The van der Waals surface area contributed by atoms with E-state index in [2.05, 4.69) is 20.5 Å². The molecule has 0 spiro atoms. The Morgan fingerprint density at radius 1 is 1.28 bits per heavy atom. The third kappa shape index (κ3) is 5.30. The van der Waals surface area contributed by atoms with Crippen molar-refractivity contribution in [2.24, 2.45) is 7.05 Å². The lowest BCUT2D eigenvalue weighted by atomic mass is 10.1. The summed E-state index contributed by atoms with van der Waals surface area (Å²) < 4.78 is 66.5. The maximum absolute atomic E-state index is 15.3. The van der Waals surface area contributed by atoms with Crippen LogP contribution in [0.1, 0.15) is 46.1 Å². The van der Waals surface area contributed by atoms with Gasteiger partial charge in [-0.1, -0.05) is 11.6 Å². The molecule has 3 aromatic rings. The predicted octanol–water partition coefficient (Wildman–Crippen LogP) is 4.98. The molecule has 0 aliphatic rings. The van der Waals surface area contributed by atoms with Gasteiger partial charge < -0.3 is 19.4 Å². The van der Waals surface area contributed by atoms with Crippen molar-refractivity contribution in [1.82, 2.24) is 19.7 Å². The van der Waals surface area contributed by atoms with Gasteiger partial charge in [-0.15, -0.1) is 0 Å². The number of aromatic amines is 1. The van der Waals surface area contributed by atoms with Crippen molar-refractivity contribution in [1.29, 1.82) is 0 Å². The SMILES string of the molecule is CCOC(=O)c1nc(-c2cc(O[C@@H](C)C(F)(F)F)c(C(=O)Nc3c(Cl)n[nH]c3C)cc2F)n(C)c1C. The summed E-state index contributed by atoms with van der Waals surface area (Å²) in [6, 6.07) is 1.65. The summed E-state index contributed by atoms with van der Waals surface area (Å²) in [5.41, 5.74) is -0.144. The summed E-state index contributed by atoms with van der Waals surface area (Å²) in [4.78, 5) is 29.3. The summed E-state index contributed by atoms with van der Waals surface area (Å²) in [5.74, 6) is -3.38. The van der Waals surface area contributed by atoms with Gasteiger partial charge in [0, 0.05) is 12.7 Å². The zero-order valence-electron chi connectivity index (χ0n) is 19.8. The van der Waals surface area contributed by atoms with Crippen molar-refractivity contribution in [3.05, 3.63) is 45.7 Å². The molecule has 2 heterocycles. The van der Waals surface area contributed by atoms with Crippen molar-refractivity contribution >= 4 is 29.2 Å². The van der Waals surface area contributed by atoms with Crippen LogP contribution in [0.5, 0.6) is 5.75 Å². The van der Waals surface area contributed by atoms with Crippen molar-refractivity contribution in [3.8, 4) is 17.1 Å². The highest BCUT2D eigenvalue weighted by atomic mass is 35.5. The van der Waals surface area contributed by atoms with E-state index in [9.17, 15) is 22.8 Å². The highest BCUT2D eigenvalue weighted by molar-refractivity contribution is 6.33. The first-order valence-corrected chi connectivity index (χ1v) is 10.9. The average molecular weight is 532 g/mol. The minimum Gasteiger partial charge on any atom is -0.480 e. The van der Waals surface area contributed by atoms with Crippen molar-refractivity contribution in [3.63, 3.8) is 0 Å². The number of anilines is 1. The fourth-order valence-corrected chi connectivity index (χ4v) is 3.43. The Morgan fingerprint density at radius 3 is 2.50 bits per heavy atom. The summed E-state index contributed by atoms with van der Waals surface area (Å²) in [6.07, 6.45) is -7.11. The molecule has 0 radical (unpaired) electrons. The Morgan fingerprint density at radius 2 is 1.94 bits per heavy atom. The smallest absolute Gasteiger partial charge is 0.425 e. The molecule has 0 bridgehead atoms. The Hall–Kier alpha value is -3.61. The Balaban J connectivity index is 2.13. The van der Waals surface area contributed by atoms with Gasteiger partial charge in [0.05, 0.1) is 23.4 Å². The molecule has 2 N–H and O–H groups in total. The number of carbonyl (C=O) groups excluding carboxylic acids is 2. The van der Waals surface area contributed by atoms with Crippen LogP contribution in [0.25, 0.3) is 11.4 Å². The van der Waals surface area contributed by atoms with Crippen LogP contribution in [0.2, 0.25) is 5.15 Å². The van der Waals surface area contributed by atoms with Gasteiger partial charge in [0.2, 0.25) is 0 Å². The minimum absolute atomic E-state index is 0.0692. The summed E-state index contributed by atoms with van der Waals surface area (Å²) in [6.45, 7) is 5.51. The Kier molecular flexibility index (Phi) is 7.62. The largest absolute Gasteiger partial charge is 0.480 e. The number of alkyl halides is 3. The zero-order chi connectivity index (χ0) is 26.9. The topological polar surface area (TPSA) is 111 Å². The minimum atomic E-state index is -4.77. The molecule has 2 aromatic heterocycles. The second-order valence-electron chi connectivity index (χ2n) is 7.75. The van der Waals surface area contributed by atoms with Crippen molar-refractivity contribution in [2.75, 3.05) is 11.9 Å². The predicted molar refractivity (Wildman–Crippen MR) is 122 cm³/mol. The Labute approximate surface area is 207 Å². The number of hydrogen-bond acceptors (Lipinski definition) is 6. The van der Waals surface area contributed by atoms with Gasteiger partial charge in [0.25, 0.3) is 5.91 Å². The van der Waals surface area contributed by atoms with Gasteiger partial charge in [-0.05, 0) is 39.8 Å². The normalized spacial score (nSPS) is 12.4. The van der Waals surface area contributed by atoms with Gasteiger partial charge >= 0.3 is 12.1 Å². The first-order chi connectivity index (χ1) is 16.8. The lowest BCUT2D eigenvalue weighted by molar-refractivity contribution is -0.189. The standard InChI is InChI=1S/C22H22ClF4N5O4/c1-6-35-21(34)17-10(3)32(5)19(28-17)12-8-15(36-11(4)22(25,26)27)13(7-14(12)24)20(33)29-16-9(2)30-31-18(16)23/h7-8,11H,6H2,1-5H3,(H,29,33)(H,30,31)/t11-/m0/s1. The van der Waals surface area contributed by atoms with Gasteiger partial charge in [0.15, 0.2) is 17.0 Å². The molecule has 1 atom stereocenters. The van der Waals surface area contributed by atoms with E-state index in [1.807, 2.05) is 0 Å². The van der Waals surface area contributed by atoms with E-state index in [0.29, 0.717) is 11.4 Å². The first-order valence-electron chi connectivity index (χ1n) is 10.6. The molecule has 0 fully saturated rings. The van der Waals surface area contributed by atoms with E-state index in [-0.39, 0.29) is 34.5 Å². The van der Waals surface area contributed by atoms with Crippen molar-refractivity contribution in [2.45, 2.75) is 40.0 Å². The van der Waals surface area contributed by atoms with E-state index in [1.165, 1.54) is 11.6 Å². The number of nitrogens with one attached hydrogen (secondary N) is 2. The molecule has 1 aromatic carbocycles. The molecule has 1 amide bonds. The summed E-state index contributed by atoms with van der Waals surface area (Å²) in [7, 11) is 1.49. The van der Waals surface area contributed by atoms with Gasteiger partial charge in [-0.2, -0.15) is 18.3 Å². The zero-order valence-corrected chi connectivity index (χ0v) is 20.6. The molecule has 0 saturated heterocycles. The number of benzene rings is 1. The molecule has 0 saturated carbocycles. The molecule has 9 nitrogen and oxygen atoms in total. The lowest BCUT2D eigenvalue weighted by Gasteiger charge is -2.20. The third-order valence-corrected chi connectivity index (χ3v) is 5.58. The van der Waals surface area contributed by atoms with Crippen molar-refractivity contribution < 1.29 is 36.6 Å². The van der Waals surface area contributed by atoms with Crippen LogP contribution in [-0.2, 0) is 11.8 Å². The highest BCUT2D eigenvalue weighted by Crippen LogP contribution is 2.35. The monoisotopic (exact) mass is 531 g/mol. The number of imidazole rings is 1. The van der Waals surface area contributed by atoms with Crippen LogP contribution in [0.15, 0.2) is 12.1 Å². The number of carbonyl (C=O) groups is 2. The maximum atomic E-state index is 15.3. The number of esters is 1. The lowest BCUT2D eigenvalue weighted by Crippen LogP contribution is -2.32. The number of hydrogen-bond donors (Lipinski definition) is 2. The van der Waals surface area contributed by atoms with Gasteiger partial charge in [0.1, 0.15) is 23.1 Å². The van der Waals surface area contributed by atoms with Crippen LogP contribution in [0.3, 0.4) is 0 Å². The van der Waals surface area contributed by atoms with Crippen LogP contribution in [0.4, 0.5) is 23.2 Å². The van der Waals surface area contributed by atoms with Gasteiger partial charge in [-0.3, -0.25) is 9.89 Å². The molecule has 14 heteroatoms. The second-order valence-corrected chi connectivity index (χ2v) is 8.11. The van der Waals surface area contributed by atoms with Crippen LogP contribution in [-0.4, -0.2) is 50.5 Å². The van der Waals surface area contributed by atoms with E-state index < -0.39 is 41.3 Å².